The maximum Gasteiger partial charge on any atom is 0.247 e. The monoisotopic (exact) mass is 313 g/mol. The number of aromatic nitrogens is 2. The van der Waals surface area contributed by atoms with Gasteiger partial charge in [0.15, 0.2) is 0 Å². The molecule has 0 spiro atoms. The first-order chi connectivity index (χ1) is 11.0. The molecule has 1 heterocycles. The van der Waals surface area contributed by atoms with Crippen molar-refractivity contribution in [1.82, 2.24) is 14.5 Å². The van der Waals surface area contributed by atoms with E-state index >= 15 is 0 Å². The van der Waals surface area contributed by atoms with Gasteiger partial charge in [0.25, 0.3) is 0 Å². The Bertz CT molecular complexity index is 729. The minimum atomic E-state index is -0.276. The molecular formula is C18H20FN3O. The molecule has 120 valence electrons. The Morgan fingerprint density at radius 3 is 2.65 bits per heavy atom. The van der Waals surface area contributed by atoms with Crippen molar-refractivity contribution in [3.05, 3.63) is 59.9 Å². The second-order valence-corrected chi connectivity index (χ2v) is 5.99. The van der Waals surface area contributed by atoms with Crippen LogP contribution in [0.3, 0.4) is 0 Å². The summed E-state index contributed by atoms with van der Waals surface area (Å²) in [5.74, 6) is 0.581. The highest BCUT2D eigenvalue weighted by Gasteiger charge is 2.32. The summed E-state index contributed by atoms with van der Waals surface area (Å²) in [7, 11) is 1.93. The Morgan fingerprint density at radius 1 is 1.39 bits per heavy atom. The third-order valence-corrected chi connectivity index (χ3v) is 4.14. The normalized spacial score (nSPS) is 14.8. The van der Waals surface area contributed by atoms with Gasteiger partial charge in [-0.05, 0) is 43.0 Å². The number of amides is 1. The highest BCUT2D eigenvalue weighted by atomic mass is 19.1. The number of hydrogen-bond donors (Lipinski definition) is 0. The number of allylic oxidation sites excluding steroid dienone is 1. The van der Waals surface area contributed by atoms with E-state index < -0.39 is 0 Å². The summed E-state index contributed by atoms with van der Waals surface area (Å²) < 4.78 is 14.9. The van der Waals surface area contributed by atoms with Crippen LogP contribution in [0.2, 0.25) is 0 Å². The van der Waals surface area contributed by atoms with E-state index in [1.807, 2.05) is 29.6 Å². The lowest BCUT2D eigenvalue weighted by atomic mass is 10.1. The van der Waals surface area contributed by atoms with Crippen molar-refractivity contribution in [2.24, 2.45) is 7.05 Å². The number of carbonyl (C=O) groups excluding carboxylic acids is 1. The maximum absolute atomic E-state index is 13.0. The first-order valence-electron chi connectivity index (χ1n) is 7.75. The first kappa shape index (κ1) is 15.5. The minimum Gasteiger partial charge on any atom is -0.337 e. The van der Waals surface area contributed by atoms with E-state index in [1.54, 1.807) is 24.4 Å². The molecule has 3 rings (SSSR count). The summed E-state index contributed by atoms with van der Waals surface area (Å²) in [5.41, 5.74) is 1.69. The standard InChI is InChI=1S/C18H20FN3O/c1-13(14-3-5-15(19)6-4-14)11-18(23)22(16-7-8-16)12-17-20-9-10-21(17)2/h3-6,9-11,16H,7-8,12H2,1-2H3/b13-11-. The van der Waals surface area contributed by atoms with E-state index in [0.717, 1.165) is 29.8 Å². The number of benzene rings is 1. The Morgan fingerprint density at radius 2 is 2.09 bits per heavy atom. The highest BCUT2D eigenvalue weighted by Crippen LogP contribution is 2.29. The van der Waals surface area contributed by atoms with Crippen LogP contribution in [-0.2, 0) is 18.4 Å². The molecule has 23 heavy (non-hydrogen) atoms. The van der Waals surface area contributed by atoms with Crippen LogP contribution in [0.15, 0.2) is 42.7 Å². The molecule has 1 aromatic carbocycles. The van der Waals surface area contributed by atoms with Gasteiger partial charge in [0.1, 0.15) is 11.6 Å². The molecule has 1 saturated carbocycles. The van der Waals surface area contributed by atoms with Gasteiger partial charge in [-0.25, -0.2) is 9.37 Å². The molecule has 5 heteroatoms. The second-order valence-electron chi connectivity index (χ2n) is 5.99. The number of rotatable bonds is 5. The lowest BCUT2D eigenvalue weighted by Gasteiger charge is -2.21. The van der Waals surface area contributed by atoms with Crippen LogP contribution in [0.25, 0.3) is 5.57 Å². The molecular weight excluding hydrogens is 293 g/mol. The smallest absolute Gasteiger partial charge is 0.247 e. The molecule has 0 atom stereocenters. The summed E-state index contributed by atoms with van der Waals surface area (Å²) in [5, 5.41) is 0. The Labute approximate surface area is 135 Å². The molecule has 4 nitrogen and oxygen atoms in total. The predicted octanol–water partition coefficient (Wildman–Crippen LogP) is 3.15. The van der Waals surface area contributed by atoms with E-state index in [2.05, 4.69) is 4.98 Å². The molecule has 0 N–H and O–H groups in total. The average molecular weight is 313 g/mol. The van der Waals surface area contributed by atoms with Crippen molar-refractivity contribution in [2.75, 3.05) is 0 Å². The lowest BCUT2D eigenvalue weighted by molar-refractivity contribution is -0.127. The van der Waals surface area contributed by atoms with E-state index in [1.165, 1.54) is 12.1 Å². The van der Waals surface area contributed by atoms with Crippen molar-refractivity contribution in [3.63, 3.8) is 0 Å². The third kappa shape index (κ3) is 3.67. The van der Waals surface area contributed by atoms with Gasteiger partial charge < -0.3 is 9.47 Å². The average Bonchev–Trinajstić information content (AvgIpc) is 3.28. The number of halogens is 1. The van der Waals surface area contributed by atoms with Gasteiger partial charge in [0, 0.05) is 31.6 Å². The zero-order valence-corrected chi connectivity index (χ0v) is 13.4. The fourth-order valence-corrected chi connectivity index (χ4v) is 2.54. The Balaban J connectivity index is 1.77. The Kier molecular flexibility index (Phi) is 4.28. The summed E-state index contributed by atoms with van der Waals surface area (Å²) in [6, 6.07) is 6.49. The number of imidazole rings is 1. The molecule has 0 bridgehead atoms. The van der Waals surface area contributed by atoms with Crippen molar-refractivity contribution < 1.29 is 9.18 Å². The molecule has 1 aliphatic rings. The van der Waals surface area contributed by atoms with Gasteiger partial charge >= 0.3 is 0 Å². The highest BCUT2D eigenvalue weighted by molar-refractivity contribution is 5.95. The van der Waals surface area contributed by atoms with Gasteiger partial charge in [0.05, 0.1) is 6.54 Å². The van der Waals surface area contributed by atoms with Gasteiger partial charge in [-0.3, -0.25) is 4.79 Å². The fourth-order valence-electron chi connectivity index (χ4n) is 2.54. The summed E-state index contributed by atoms with van der Waals surface area (Å²) in [6.07, 6.45) is 7.34. The molecule has 0 saturated heterocycles. The number of carbonyl (C=O) groups is 1. The van der Waals surface area contributed by atoms with Crippen LogP contribution >= 0.6 is 0 Å². The van der Waals surface area contributed by atoms with Gasteiger partial charge in [0.2, 0.25) is 5.91 Å². The van der Waals surface area contributed by atoms with Crippen LogP contribution < -0.4 is 0 Å². The lowest BCUT2D eigenvalue weighted by Crippen LogP contribution is -2.32. The van der Waals surface area contributed by atoms with Crippen molar-refractivity contribution in [2.45, 2.75) is 32.4 Å². The fraction of sp³-hybridized carbons (Fsp3) is 0.333. The molecule has 0 aliphatic heterocycles. The largest absolute Gasteiger partial charge is 0.337 e. The van der Waals surface area contributed by atoms with Crippen molar-refractivity contribution in [1.29, 1.82) is 0 Å². The molecule has 1 aromatic heterocycles. The van der Waals surface area contributed by atoms with Gasteiger partial charge in [-0.1, -0.05) is 12.1 Å². The molecule has 2 aromatic rings. The Hall–Kier alpha value is -2.43. The topological polar surface area (TPSA) is 38.1 Å². The van der Waals surface area contributed by atoms with E-state index in [-0.39, 0.29) is 11.7 Å². The van der Waals surface area contributed by atoms with Crippen LogP contribution in [-0.4, -0.2) is 26.4 Å². The van der Waals surface area contributed by atoms with E-state index in [9.17, 15) is 9.18 Å². The number of nitrogens with zero attached hydrogens (tertiary/aromatic N) is 3. The maximum atomic E-state index is 13.0. The zero-order valence-electron chi connectivity index (χ0n) is 13.4. The number of hydrogen-bond acceptors (Lipinski definition) is 2. The molecule has 0 radical (unpaired) electrons. The van der Waals surface area contributed by atoms with Crippen molar-refractivity contribution >= 4 is 11.5 Å². The summed E-state index contributed by atoms with van der Waals surface area (Å²) >= 11 is 0. The third-order valence-electron chi connectivity index (χ3n) is 4.14. The van der Waals surface area contributed by atoms with Crippen LogP contribution in [0, 0.1) is 5.82 Å². The minimum absolute atomic E-state index is 0.0164. The van der Waals surface area contributed by atoms with Gasteiger partial charge in [-0.2, -0.15) is 0 Å². The molecule has 0 unspecified atom stereocenters. The zero-order chi connectivity index (χ0) is 16.4. The molecule has 1 fully saturated rings. The summed E-state index contributed by atoms with van der Waals surface area (Å²) in [6.45, 7) is 2.39. The van der Waals surface area contributed by atoms with E-state index in [0.29, 0.717) is 12.6 Å². The number of aryl methyl sites for hydroxylation is 1. The molecule has 1 aliphatic carbocycles. The first-order valence-corrected chi connectivity index (χ1v) is 7.75. The van der Waals surface area contributed by atoms with Gasteiger partial charge in [-0.15, -0.1) is 0 Å². The van der Waals surface area contributed by atoms with Crippen molar-refractivity contribution in [3.8, 4) is 0 Å². The second kappa shape index (κ2) is 6.36. The predicted molar refractivity (Wildman–Crippen MR) is 86.8 cm³/mol. The quantitative estimate of drug-likeness (QED) is 0.795. The van der Waals surface area contributed by atoms with Crippen LogP contribution in [0.5, 0.6) is 0 Å². The van der Waals surface area contributed by atoms with Crippen LogP contribution in [0.4, 0.5) is 4.39 Å². The van der Waals surface area contributed by atoms with Crippen LogP contribution in [0.1, 0.15) is 31.2 Å². The summed E-state index contributed by atoms with van der Waals surface area (Å²) in [4.78, 5) is 18.8. The molecule has 1 amide bonds. The SMILES string of the molecule is C/C(=C/C(=O)N(Cc1nccn1C)C1CC1)c1ccc(F)cc1. The van der Waals surface area contributed by atoms with E-state index in [4.69, 9.17) is 0 Å².